The number of carbonyl (C=O) groups is 1. The Hall–Kier alpha value is -2.44. The van der Waals surface area contributed by atoms with E-state index >= 15 is 0 Å². The Bertz CT molecular complexity index is 832. The maximum atomic E-state index is 12.5. The van der Waals surface area contributed by atoms with Crippen LogP contribution in [0.5, 0.6) is 0 Å². The lowest BCUT2D eigenvalue weighted by Gasteiger charge is -2.16. The van der Waals surface area contributed by atoms with Crippen LogP contribution < -0.4 is 0 Å². The highest BCUT2D eigenvalue weighted by atomic mass is 35.5. The Labute approximate surface area is 131 Å². The molecule has 0 unspecified atom stereocenters. The SMILES string of the molecule is CON(C)C(=O)c1cn2ncc(Cl)c2nc1-c1ccccc1. The van der Waals surface area contributed by atoms with E-state index < -0.39 is 0 Å². The normalized spacial score (nSPS) is 10.9. The second-order valence-corrected chi connectivity index (χ2v) is 5.02. The fourth-order valence-corrected chi connectivity index (χ4v) is 2.28. The molecular formula is C15H13ClN4O2. The molecule has 0 saturated carbocycles. The van der Waals surface area contributed by atoms with Crippen LogP contribution in [0.1, 0.15) is 10.4 Å². The zero-order chi connectivity index (χ0) is 15.7. The Morgan fingerprint density at radius 2 is 2.05 bits per heavy atom. The molecule has 0 spiro atoms. The van der Waals surface area contributed by atoms with E-state index in [0.29, 0.717) is 21.9 Å². The Morgan fingerprint density at radius 1 is 1.32 bits per heavy atom. The van der Waals surface area contributed by atoms with Crippen molar-refractivity contribution < 1.29 is 9.63 Å². The van der Waals surface area contributed by atoms with Crippen molar-refractivity contribution in [3.63, 3.8) is 0 Å². The quantitative estimate of drug-likeness (QED) is 0.697. The van der Waals surface area contributed by atoms with Crippen LogP contribution >= 0.6 is 11.6 Å². The number of fused-ring (bicyclic) bond motifs is 1. The van der Waals surface area contributed by atoms with Crippen LogP contribution in [0.2, 0.25) is 5.02 Å². The molecule has 6 nitrogen and oxygen atoms in total. The zero-order valence-corrected chi connectivity index (χ0v) is 12.8. The first-order chi connectivity index (χ1) is 10.6. The van der Waals surface area contributed by atoms with Crippen LogP contribution in [0.25, 0.3) is 16.9 Å². The van der Waals surface area contributed by atoms with E-state index in [2.05, 4.69) is 10.1 Å². The third-order valence-electron chi connectivity index (χ3n) is 3.29. The molecular weight excluding hydrogens is 304 g/mol. The minimum Gasteiger partial charge on any atom is -0.274 e. The Morgan fingerprint density at radius 3 is 2.73 bits per heavy atom. The van der Waals surface area contributed by atoms with E-state index in [9.17, 15) is 4.79 Å². The average Bonchev–Trinajstić information content (AvgIpc) is 2.93. The van der Waals surface area contributed by atoms with Crippen molar-refractivity contribution in [2.75, 3.05) is 14.2 Å². The number of hydroxylamine groups is 2. The zero-order valence-electron chi connectivity index (χ0n) is 12.0. The Balaban J connectivity index is 2.26. The molecule has 0 radical (unpaired) electrons. The fourth-order valence-electron chi connectivity index (χ4n) is 2.11. The third-order valence-corrected chi connectivity index (χ3v) is 3.55. The molecule has 2 heterocycles. The summed E-state index contributed by atoms with van der Waals surface area (Å²) in [5.41, 5.74) is 2.22. The van der Waals surface area contributed by atoms with Gasteiger partial charge in [-0.1, -0.05) is 41.9 Å². The number of amides is 1. The summed E-state index contributed by atoms with van der Waals surface area (Å²) in [4.78, 5) is 22.0. The molecule has 0 aliphatic carbocycles. The molecule has 0 saturated heterocycles. The van der Waals surface area contributed by atoms with Crippen LogP contribution in [0.4, 0.5) is 0 Å². The van der Waals surface area contributed by atoms with E-state index in [4.69, 9.17) is 16.4 Å². The highest BCUT2D eigenvalue weighted by Gasteiger charge is 2.20. The number of rotatable bonds is 3. The average molecular weight is 317 g/mol. The van der Waals surface area contributed by atoms with Gasteiger partial charge in [-0.2, -0.15) is 5.10 Å². The highest BCUT2D eigenvalue weighted by Crippen LogP contribution is 2.25. The van der Waals surface area contributed by atoms with Crippen LogP contribution in [0.15, 0.2) is 42.7 Å². The van der Waals surface area contributed by atoms with Gasteiger partial charge in [-0.05, 0) is 0 Å². The first-order valence-corrected chi connectivity index (χ1v) is 6.91. The third kappa shape index (κ3) is 2.43. The summed E-state index contributed by atoms with van der Waals surface area (Å²) in [5, 5.41) is 5.66. The first-order valence-electron chi connectivity index (χ1n) is 6.53. The van der Waals surface area contributed by atoms with Gasteiger partial charge in [0.2, 0.25) is 0 Å². The number of nitrogens with zero attached hydrogens (tertiary/aromatic N) is 4. The van der Waals surface area contributed by atoms with Gasteiger partial charge in [0.25, 0.3) is 5.91 Å². The fraction of sp³-hybridized carbons (Fsp3) is 0.133. The van der Waals surface area contributed by atoms with Crippen LogP contribution in [0, 0.1) is 0 Å². The van der Waals surface area contributed by atoms with Crippen molar-refractivity contribution in [2.24, 2.45) is 0 Å². The van der Waals surface area contributed by atoms with Gasteiger partial charge >= 0.3 is 0 Å². The lowest BCUT2D eigenvalue weighted by Crippen LogP contribution is -2.26. The lowest BCUT2D eigenvalue weighted by molar-refractivity contribution is -0.0757. The second kappa shape index (κ2) is 5.75. The lowest BCUT2D eigenvalue weighted by atomic mass is 10.1. The van der Waals surface area contributed by atoms with E-state index in [1.165, 1.54) is 24.9 Å². The van der Waals surface area contributed by atoms with Crippen LogP contribution in [0.3, 0.4) is 0 Å². The molecule has 22 heavy (non-hydrogen) atoms. The smallest absolute Gasteiger partial charge is 0.274 e. The standard InChI is InChI=1S/C15H13ClN4O2/c1-19(22-2)15(21)11-9-20-14(12(16)8-17-20)18-13(11)10-6-4-3-5-7-10/h3-9H,1-2H3. The highest BCUT2D eigenvalue weighted by molar-refractivity contribution is 6.33. The predicted octanol–water partition coefficient (Wildman–Crippen LogP) is 2.68. The predicted molar refractivity (Wildman–Crippen MR) is 82.5 cm³/mol. The molecule has 0 N–H and O–H groups in total. The number of halogens is 1. The summed E-state index contributed by atoms with van der Waals surface area (Å²) in [7, 11) is 2.97. The van der Waals surface area contributed by atoms with Crippen molar-refractivity contribution in [3.8, 4) is 11.3 Å². The van der Waals surface area contributed by atoms with Gasteiger partial charge in [0.15, 0.2) is 5.65 Å². The van der Waals surface area contributed by atoms with E-state index in [1.807, 2.05) is 30.3 Å². The molecule has 0 fully saturated rings. The molecule has 7 heteroatoms. The van der Waals surface area contributed by atoms with E-state index in [1.54, 1.807) is 6.20 Å². The number of aromatic nitrogens is 3. The van der Waals surface area contributed by atoms with Crippen molar-refractivity contribution in [3.05, 3.63) is 53.3 Å². The van der Waals surface area contributed by atoms with Gasteiger partial charge in [-0.15, -0.1) is 0 Å². The molecule has 2 aromatic heterocycles. The molecule has 0 aliphatic heterocycles. The van der Waals surface area contributed by atoms with E-state index in [0.717, 1.165) is 10.6 Å². The number of benzene rings is 1. The van der Waals surface area contributed by atoms with Gasteiger partial charge in [-0.25, -0.2) is 14.6 Å². The summed E-state index contributed by atoms with van der Waals surface area (Å²) in [6.45, 7) is 0. The number of hydrogen-bond donors (Lipinski definition) is 0. The first kappa shape index (κ1) is 14.5. The molecule has 3 rings (SSSR count). The minimum absolute atomic E-state index is 0.317. The van der Waals surface area contributed by atoms with E-state index in [-0.39, 0.29) is 5.91 Å². The molecule has 0 aliphatic rings. The molecule has 3 aromatic rings. The molecule has 1 amide bonds. The summed E-state index contributed by atoms with van der Waals surface area (Å²) < 4.78 is 1.48. The number of hydrogen-bond acceptors (Lipinski definition) is 4. The summed E-state index contributed by atoms with van der Waals surface area (Å²) >= 11 is 6.09. The summed E-state index contributed by atoms with van der Waals surface area (Å²) in [6.07, 6.45) is 3.10. The largest absolute Gasteiger partial charge is 0.280 e. The number of carbonyl (C=O) groups excluding carboxylic acids is 1. The monoisotopic (exact) mass is 316 g/mol. The van der Waals surface area contributed by atoms with Crippen LogP contribution in [-0.2, 0) is 4.84 Å². The molecule has 1 aromatic carbocycles. The molecule has 112 valence electrons. The van der Waals surface area contributed by atoms with Gasteiger partial charge in [0.05, 0.1) is 24.6 Å². The van der Waals surface area contributed by atoms with Gasteiger partial charge in [-0.3, -0.25) is 9.63 Å². The Kier molecular flexibility index (Phi) is 3.79. The second-order valence-electron chi connectivity index (χ2n) is 4.62. The van der Waals surface area contributed by atoms with Crippen molar-refractivity contribution in [2.45, 2.75) is 0 Å². The van der Waals surface area contributed by atoms with Crippen molar-refractivity contribution in [1.29, 1.82) is 0 Å². The van der Waals surface area contributed by atoms with Gasteiger partial charge < -0.3 is 0 Å². The van der Waals surface area contributed by atoms with Crippen LogP contribution in [-0.4, -0.2) is 39.7 Å². The molecule has 0 bridgehead atoms. The van der Waals surface area contributed by atoms with Crippen molar-refractivity contribution >= 4 is 23.2 Å². The minimum atomic E-state index is -0.317. The maximum absolute atomic E-state index is 12.5. The summed E-state index contributed by atoms with van der Waals surface area (Å²) in [5.74, 6) is -0.317. The maximum Gasteiger partial charge on any atom is 0.280 e. The van der Waals surface area contributed by atoms with Gasteiger partial charge in [0.1, 0.15) is 5.02 Å². The van der Waals surface area contributed by atoms with Gasteiger partial charge in [0, 0.05) is 18.8 Å². The topological polar surface area (TPSA) is 59.7 Å². The molecule has 0 atom stereocenters. The van der Waals surface area contributed by atoms with Crippen molar-refractivity contribution in [1.82, 2.24) is 19.7 Å². The summed E-state index contributed by atoms with van der Waals surface area (Å²) in [6, 6.07) is 9.43.